The number of hydrogen-bond acceptors (Lipinski definition) is 2. The van der Waals surface area contributed by atoms with Crippen LogP contribution in [0.5, 0.6) is 0 Å². The number of likely N-dealkylation sites (tertiary alicyclic amines) is 1. The Hall–Kier alpha value is -1.84. The molecule has 1 unspecified atom stereocenters. The minimum atomic E-state index is 0.226. The van der Waals surface area contributed by atoms with Crippen molar-refractivity contribution in [1.29, 1.82) is 0 Å². The van der Waals surface area contributed by atoms with E-state index in [0.29, 0.717) is 18.9 Å². The lowest BCUT2D eigenvalue weighted by Gasteiger charge is -2.21. The Labute approximate surface area is 144 Å². The smallest absolute Gasteiger partial charge is 0.223 e. The Morgan fingerprint density at radius 1 is 1.08 bits per heavy atom. The number of rotatable bonds is 5. The largest absolute Gasteiger partial charge is 0.356 e. The summed E-state index contributed by atoms with van der Waals surface area (Å²) in [6, 6.07) is 10.2. The average molecular weight is 328 g/mol. The molecule has 2 fully saturated rings. The highest BCUT2D eigenvalue weighted by atomic mass is 16.2. The Bertz CT molecular complexity index is 552. The van der Waals surface area contributed by atoms with Gasteiger partial charge in [-0.05, 0) is 37.2 Å². The first kappa shape index (κ1) is 17.0. The van der Waals surface area contributed by atoms with Gasteiger partial charge in [-0.15, -0.1) is 0 Å². The molecule has 4 heteroatoms. The van der Waals surface area contributed by atoms with Crippen LogP contribution in [0.3, 0.4) is 0 Å². The highest BCUT2D eigenvalue weighted by Gasteiger charge is 2.25. The molecule has 1 heterocycles. The number of nitrogens with one attached hydrogen (secondary N) is 1. The molecular formula is C20H28N2O2. The van der Waals surface area contributed by atoms with Gasteiger partial charge in [-0.1, -0.05) is 43.2 Å². The zero-order valence-electron chi connectivity index (χ0n) is 14.4. The van der Waals surface area contributed by atoms with Crippen molar-refractivity contribution in [3.05, 3.63) is 35.9 Å². The predicted molar refractivity (Wildman–Crippen MR) is 94.2 cm³/mol. The quantitative estimate of drug-likeness (QED) is 0.903. The molecule has 2 aliphatic rings. The van der Waals surface area contributed by atoms with Crippen LogP contribution in [0.15, 0.2) is 30.3 Å². The first-order chi connectivity index (χ1) is 11.7. The molecule has 130 valence electrons. The predicted octanol–water partition coefficient (Wildman–Crippen LogP) is 3.12. The lowest BCUT2D eigenvalue weighted by atomic mass is 10.00. The molecule has 2 amide bonds. The summed E-state index contributed by atoms with van der Waals surface area (Å²) in [7, 11) is 0. The molecule has 3 rings (SSSR count). The Morgan fingerprint density at radius 3 is 2.58 bits per heavy atom. The van der Waals surface area contributed by atoms with E-state index in [1.807, 2.05) is 23.1 Å². The summed E-state index contributed by atoms with van der Waals surface area (Å²) in [5, 5.41) is 3.13. The fourth-order valence-electron chi connectivity index (χ4n) is 3.85. The minimum Gasteiger partial charge on any atom is -0.356 e. The second-order valence-electron chi connectivity index (χ2n) is 7.22. The molecule has 1 aromatic carbocycles. The number of hydrogen-bond donors (Lipinski definition) is 1. The zero-order chi connectivity index (χ0) is 16.8. The number of nitrogens with zero attached hydrogens (tertiary/aromatic N) is 1. The van der Waals surface area contributed by atoms with Crippen molar-refractivity contribution in [1.82, 2.24) is 10.2 Å². The average Bonchev–Trinajstić information content (AvgIpc) is 3.09. The van der Waals surface area contributed by atoms with Crippen LogP contribution in [0.25, 0.3) is 0 Å². The first-order valence-electron chi connectivity index (χ1n) is 9.32. The molecular weight excluding hydrogens is 300 g/mol. The van der Waals surface area contributed by atoms with Gasteiger partial charge in [0, 0.05) is 32.0 Å². The molecule has 0 spiro atoms. The third kappa shape index (κ3) is 4.59. The molecule has 24 heavy (non-hydrogen) atoms. The Kier molecular flexibility index (Phi) is 5.89. The molecule has 0 radical (unpaired) electrons. The van der Waals surface area contributed by atoms with E-state index in [2.05, 4.69) is 17.4 Å². The Morgan fingerprint density at radius 2 is 1.83 bits per heavy atom. The van der Waals surface area contributed by atoms with Crippen molar-refractivity contribution in [2.75, 3.05) is 13.1 Å². The van der Waals surface area contributed by atoms with Crippen LogP contribution in [0.4, 0.5) is 0 Å². The van der Waals surface area contributed by atoms with E-state index in [9.17, 15) is 9.59 Å². The van der Waals surface area contributed by atoms with Crippen LogP contribution < -0.4 is 5.32 Å². The maximum Gasteiger partial charge on any atom is 0.223 e. The van der Waals surface area contributed by atoms with E-state index in [1.165, 1.54) is 18.4 Å². The minimum absolute atomic E-state index is 0.226. The van der Waals surface area contributed by atoms with Crippen LogP contribution in [0, 0.1) is 11.8 Å². The third-order valence-electron chi connectivity index (χ3n) is 5.43. The van der Waals surface area contributed by atoms with E-state index in [0.717, 1.165) is 38.8 Å². The topological polar surface area (TPSA) is 49.4 Å². The highest BCUT2D eigenvalue weighted by molar-refractivity contribution is 5.79. The van der Waals surface area contributed by atoms with E-state index in [4.69, 9.17) is 0 Å². The zero-order valence-corrected chi connectivity index (χ0v) is 14.4. The van der Waals surface area contributed by atoms with Gasteiger partial charge in [-0.3, -0.25) is 9.59 Å². The number of amides is 2. The van der Waals surface area contributed by atoms with Crippen LogP contribution in [-0.4, -0.2) is 29.8 Å². The van der Waals surface area contributed by atoms with Gasteiger partial charge in [-0.2, -0.15) is 0 Å². The molecule has 0 aromatic heterocycles. The first-order valence-corrected chi connectivity index (χ1v) is 9.32. The molecule has 0 bridgehead atoms. The van der Waals surface area contributed by atoms with Crippen molar-refractivity contribution in [3.8, 4) is 0 Å². The summed E-state index contributed by atoms with van der Waals surface area (Å²) in [6.45, 7) is 2.21. The van der Waals surface area contributed by atoms with Gasteiger partial charge < -0.3 is 10.2 Å². The van der Waals surface area contributed by atoms with Crippen molar-refractivity contribution >= 4 is 11.8 Å². The summed E-state index contributed by atoms with van der Waals surface area (Å²) in [5.74, 6) is 1.11. The van der Waals surface area contributed by atoms with Gasteiger partial charge in [0.15, 0.2) is 0 Å². The van der Waals surface area contributed by atoms with Crippen molar-refractivity contribution in [2.24, 2.45) is 11.8 Å². The van der Waals surface area contributed by atoms with Crippen LogP contribution in [0.2, 0.25) is 0 Å². The molecule has 1 aromatic rings. The number of carbonyl (C=O) groups is 2. The number of carbonyl (C=O) groups excluding carboxylic acids is 2. The molecule has 1 saturated carbocycles. The van der Waals surface area contributed by atoms with Gasteiger partial charge in [0.25, 0.3) is 0 Å². The van der Waals surface area contributed by atoms with E-state index in [-0.39, 0.29) is 17.7 Å². The van der Waals surface area contributed by atoms with Crippen LogP contribution >= 0.6 is 0 Å². The molecule has 1 aliphatic carbocycles. The Balaban J connectivity index is 1.47. The summed E-state index contributed by atoms with van der Waals surface area (Å²) >= 11 is 0. The van der Waals surface area contributed by atoms with Crippen molar-refractivity contribution in [3.63, 3.8) is 0 Å². The summed E-state index contributed by atoms with van der Waals surface area (Å²) in [5.41, 5.74) is 1.18. The molecule has 1 atom stereocenters. The molecule has 1 saturated heterocycles. The maximum absolute atomic E-state index is 12.4. The third-order valence-corrected chi connectivity index (χ3v) is 5.43. The van der Waals surface area contributed by atoms with E-state index >= 15 is 0 Å². The maximum atomic E-state index is 12.4. The van der Waals surface area contributed by atoms with Gasteiger partial charge >= 0.3 is 0 Å². The SMILES string of the molecule is O=C(NCC1CCC(=O)N(Cc2ccccc2)CC1)C1CCCC1. The van der Waals surface area contributed by atoms with Gasteiger partial charge in [-0.25, -0.2) is 0 Å². The normalized spacial score (nSPS) is 22.4. The lowest BCUT2D eigenvalue weighted by molar-refractivity contribution is -0.131. The molecule has 1 aliphatic heterocycles. The summed E-state index contributed by atoms with van der Waals surface area (Å²) in [6.07, 6.45) is 6.91. The van der Waals surface area contributed by atoms with Crippen molar-refractivity contribution in [2.45, 2.75) is 51.5 Å². The van der Waals surface area contributed by atoms with Gasteiger partial charge in [0.1, 0.15) is 0 Å². The van der Waals surface area contributed by atoms with Crippen LogP contribution in [-0.2, 0) is 16.1 Å². The highest BCUT2D eigenvalue weighted by Crippen LogP contribution is 2.25. The second kappa shape index (κ2) is 8.32. The monoisotopic (exact) mass is 328 g/mol. The van der Waals surface area contributed by atoms with Gasteiger partial charge in [0.05, 0.1) is 0 Å². The lowest BCUT2D eigenvalue weighted by Crippen LogP contribution is -2.34. The number of benzene rings is 1. The summed E-state index contributed by atoms with van der Waals surface area (Å²) in [4.78, 5) is 26.5. The molecule has 4 nitrogen and oxygen atoms in total. The summed E-state index contributed by atoms with van der Waals surface area (Å²) < 4.78 is 0. The fourth-order valence-corrected chi connectivity index (χ4v) is 3.85. The van der Waals surface area contributed by atoms with Gasteiger partial charge in [0.2, 0.25) is 11.8 Å². The fraction of sp³-hybridized carbons (Fsp3) is 0.600. The standard InChI is InChI=1S/C20H28N2O2/c23-19-11-10-16(14-21-20(24)18-8-4-5-9-18)12-13-22(19)15-17-6-2-1-3-7-17/h1-3,6-7,16,18H,4-5,8-15H2,(H,21,24). The van der Waals surface area contributed by atoms with E-state index < -0.39 is 0 Å². The van der Waals surface area contributed by atoms with Crippen molar-refractivity contribution < 1.29 is 9.59 Å². The molecule has 1 N–H and O–H groups in total. The van der Waals surface area contributed by atoms with E-state index in [1.54, 1.807) is 0 Å². The second-order valence-corrected chi connectivity index (χ2v) is 7.22. The van der Waals surface area contributed by atoms with Crippen LogP contribution in [0.1, 0.15) is 50.5 Å².